The van der Waals surface area contributed by atoms with E-state index in [4.69, 9.17) is 16.0 Å². The van der Waals surface area contributed by atoms with Gasteiger partial charge in [-0.2, -0.15) is 5.10 Å². The van der Waals surface area contributed by atoms with Crippen LogP contribution in [0, 0.1) is 0 Å². The van der Waals surface area contributed by atoms with Crippen LogP contribution in [0.25, 0.3) is 11.3 Å². The first-order valence-corrected chi connectivity index (χ1v) is 11.8. The van der Waals surface area contributed by atoms with Crippen molar-refractivity contribution in [3.05, 3.63) is 116 Å². The molecule has 0 aliphatic carbocycles. The second kappa shape index (κ2) is 9.62. The summed E-state index contributed by atoms with van der Waals surface area (Å²) in [6.45, 7) is 0.377. The maximum absolute atomic E-state index is 13.1. The molecule has 0 saturated heterocycles. The van der Waals surface area contributed by atoms with Gasteiger partial charge in [0.15, 0.2) is 0 Å². The number of hydrogen-bond donors (Lipinski definition) is 0. The lowest BCUT2D eigenvalue weighted by molar-refractivity contribution is 0.0941. The molecule has 5 aromatic rings. The number of carbonyl (C=O) groups excluding carboxylic acids is 1. The molecule has 0 bridgehead atoms. The molecule has 0 spiro atoms. The molecule has 0 amide bonds. The number of hydrogen-bond acceptors (Lipinski definition) is 6. The summed E-state index contributed by atoms with van der Waals surface area (Å²) in [5.41, 5.74) is 2.96. The van der Waals surface area contributed by atoms with E-state index in [1.54, 1.807) is 23.0 Å². The second-order valence-electron chi connectivity index (χ2n) is 7.66. The number of thiophene rings is 1. The Morgan fingerprint density at radius 3 is 2.71 bits per heavy atom. The molecular weight excluding hydrogens is 472 g/mol. The summed E-state index contributed by atoms with van der Waals surface area (Å²) in [6.07, 6.45) is 7.56. The first-order valence-electron chi connectivity index (χ1n) is 10.6. The molecule has 0 unspecified atom stereocenters. The number of aromatic nitrogens is 4. The Morgan fingerprint density at radius 1 is 1.09 bits per heavy atom. The molecule has 0 fully saturated rings. The molecule has 5 aromatic heterocycles. The van der Waals surface area contributed by atoms with E-state index in [-0.39, 0.29) is 11.5 Å². The van der Waals surface area contributed by atoms with E-state index in [1.165, 1.54) is 34.6 Å². The first-order chi connectivity index (χ1) is 16.6. The molecule has 5 heterocycles. The smallest absolute Gasteiger partial charge is 0.281 e. The molecule has 34 heavy (non-hydrogen) atoms. The zero-order chi connectivity index (χ0) is 23.5. The third-order valence-corrected chi connectivity index (χ3v) is 6.64. The minimum Gasteiger partial charge on any atom is -0.472 e. The highest BCUT2D eigenvalue weighted by Gasteiger charge is 2.18. The predicted octanol–water partition coefficient (Wildman–Crippen LogP) is 4.94. The van der Waals surface area contributed by atoms with E-state index >= 15 is 0 Å². The van der Waals surface area contributed by atoms with Crippen LogP contribution in [0.3, 0.4) is 0 Å². The number of rotatable bonds is 7. The number of furan rings is 1. The van der Waals surface area contributed by atoms with Crippen molar-refractivity contribution in [2.45, 2.75) is 19.4 Å². The molecule has 5 rings (SSSR count). The number of nitrogens with zero attached hydrogens (tertiary/aromatic N) is 4. The standard InChI is InChI=1S/C25H19ClN4O3S/c26-23-7-6-21(34-23)5-4-20-14-22(28-30(20)25(32)18-9-12-33-16-18)17-8-11-29(24(31)13-17)15-19-3-1-2-10-27-19/h1-3,6-14,16H,4-5,15H2. The zero-order valence-corrected chi connectivity index (χ0v) is 19.5. The van der Waals surface area contributed by atoms with Crippen LogP contribution in [0.1, 0.15) is 26.6 Å². The van der Waals surface area contributed by atoms with E-state index in [0.29, 0.717) is 36.2 Å². The molecule has 0 radical (unpaired) electrons. The molecule has 0 N–H and O–H groups in total. The molecule has 0 saturated carbocycles. The highest BCUT2D eigenvalue weighted by Crippen LogP contribution is 2.24. The second-order valence-corrected chi connectivity index (χ2v) is 9.46. The average molecular weight is 491 g/mol. The van der Waals surface area contributed by atoms with Gasteiger partial charge in [-0.05, 0) is 55.3 Å². The third-order valence-electron chi connectivity index (χ3n) is 5.35. The van der Waals surface area contributed by atoms with Crippen molar-refractivity contribution in [1.29, 1.82) is 0 Å². The van der Waals surface area contributed by atoms with Crippen molar-refractivity contribution in [3.8, 4) is 11.3 Å². The van der Waals surface area contributed by atoms with Gasteiger partial charge in [-0.25, -0.2) is 4.68 Å². The summed E-state index contributed by atoms with van der Waals surface area (Å²) in [5, 5.41) is 4.55. The number of aryl methyl sites for hydroxylation is 2. The van der Waals surface area contributed by atoms with Crippen LogP contribution in [-0.2, 0) is 19.4 Å². The van der Waals surface area contributed by atoms with Gasteiger partial charge in [-0.3, -0.25) is 14.6 Å². The van der Waals surface area contributed by atoms with E-state index in [9.17, 15) is 9.59 Å². The Bertz CT molecular complexity index is 1490. The number of carbonyl (C=O) groups is 1. The van der Waals surface area contributed by atoms with Crippen molar-refractivity contribution in [2.75, 3.05) is 0 Å². The van der Waals surface area contributed by atoms with Gasteiger partial charge in [0, 0.05) is 34.6 Å². The minimum atomic E-state index is -0.289. The SMILES string of the molecule is O=C(c1ccoc1)n1nc(-c2ccn(Cc3ccccn3)c(=O)c2)cc1CCc1ccc(Cl)s1. The van der Waals surface area contributed by atoms with Crippen LogP contribution in [0.4, 0.5) is 0 Å². The van der Waals surface area contributed by atoms with Gasteiger partial charge >= 0.3 is 0 Å². The summed E-state index contributed by atoms with van der Waals surface area (Å²) < 4.78 is 8.77. The van der Waals surface area contributed by atoms with E-state index in [0.717, 1.165) is 20.6 Å². The summed E-state index contributed by atoms with van der Waals surface area (Å²) in [7, 11) is 0. The molecule has 7 nitrogen and oxygen atoms in total. The monoisotopic (exact) mass is 490 g/mol. The normalized spacial score (nSPS) is 11.1. The number of pyridine rings is 2. The van der Waals surface area contributed by atoms with Crippen LogP contribution < -0.4 is 5.56 Å². The van der Waals surface area contributed by atoms with Crippen LogP contribution >= 0.6 is 22.9 Å². The van der Waals surface area contributed by atoms with Crippen molar-refractivity contribution >= 4 is 28.8 Å². The van der Waals surface area contributed by atoms with Gasteiger partial charge in [0.1, 0.15) is 6.26 Å². The van der Waals surface area contributed by atoms with Crippen molar-refractivity contribution in [3.63, 3.8) is 0 Å². The Kier molecular flexibility index (Phi) is 6.24. The lowest BCUT2D eigenvalue weighted by atomic mass is 10.1. The maximum Gasteiger partial charge on any atom is 0.281 e. The molecule has 170 valence electrons. The van der Waals surface area contributed by atoms with E-state index in [1.807, 2.05) is 42.5 Å². The van der Waals surface area contributed by atoms with Crippen molar-refractivity contribution in [2.24, 2.45) is 0 Å². The van der Waals surface area contributed by atoms with Gasteiger partial charge in [0.25, 0.3) is 11.5 Å². The molecule has 9 heteroatoms. The average Bonchev–Trinajstić information content (AvgIpc) is 3.60. The Labute approximate surface area is 203 Å². The molecule has 0 atom stereocenters. The van der Waals surface area contributed by atoms with Gasteiger partial charge in [0.2, 0.25) is 0 Å². The molecular formula is C25H19ClN4O3S. The lowest BCUT2D eigenvalue weighted by Gasteiger charge is -2.06. The van der Waals surface area contributed by atoms with E-state index in [2.05, 4.69) is 10.1 Å². The topological polar surface area (TPSA) is 82.9 Å². The fraction of sp³-hybridized carbons (Fsp3) is 0.120. The quantitative estimate of drug-likeness (QED) is 0.323. The summed E-state index contributed by atoms with van der Waals surface area (Å²) >= 11 is 7.57. The zero-order valence-electron chi connectivity index (χ0n) is 17.9. The van der Waals surface area contributed by atoms with E-state index < -0.39 is 0 Å². The first kappa shape index (κ1) is 22.1. The van der Waals surface area contributed by atoms with Gasteiger partial charge in [-0.1, -0.05) is 17.7 Å². The van der Waals surface area contributed by atoms with Gasteiger partial charge < -0.3 is 8.98 Å². The fourth-order valence-corrected chi connectivity index (χ4v) is 4.71. The third kappa shape index (κ3) is 4.78. The molecule has 0 aliphatic heterocycles. The minimum absolute atomic E-state index is 0.173. The fourth-order valence-electron chi connectivity index (χ4n) is 3.62. The molecule has 0 aliphatic rings. The summed E-state index contributed by atoms with van der Waals surface area (Å²) in [5.74, 6) is -0.289. The summed E-state index contributed by atoms with van der Waals surface area (Å²) in [4.78, 5) is 31.2. The Hall–Kier alpha value is -3.75. The van der Waals surface area contributed by atoms with Crippen molar-refractivity contribution in [1.82, 2.24) is 19.3 Å². The summed E-state index contributed by atoms with van der Waals surface area (Å²) in [6, 6.07) is 16.2. The highest BCUT2D eigenvalue weighted by molar-refractivity contribution is 7.16. The largest absolute Gasteiger partial charge is 0.472 e. The van der Waals surface area contributed by atoms with Gasteiger partial charge in [-0.15, -0.1) is 11.3 Å². The Balaban J connectivity index is 1.45. The highest BCUT2D eigenvalue weighted by atomic mass is 35.5. The van der Waals surface area contributed by atoms with Crippen LogP contribution in [0.5, 0.6) is 0 Å². The molecule has 0 aromatic carbocycles. The maximum atomic E-state index is 13.1. The van der Waals surface area contributed by atoms with Crippen LogP contribution in [0.15, 0.2) is 88.7 Å². The van der Waals surface area contributed by atoms with Gasteiger partial charge in [0.05, 0.1) is 34.1 Å². The van der Waals surface area contributed by atoms with Crippen molar-refractivity contribution < 1.29 is 9.21 Å². The van der Waals surface area contributed by atoms with Crippen LogP contribution in [0.2, 0.25) is 4.34 Å². The lowest BCUT2D eigenvalue weighted by Crippen LogP contribution is -2.19. The number of halogens is 1. The van der Waals surface area contributed by atoms with Crippen LogP contribution in [-0.4, -0.2) is 25.2 Å². The Morgan fingerprint density at radius 2 is 2.00 bits per heavy atom. The predicted molar refractivity (Wildman–Crippen MR) is 130 cm³/mol.